The average molecular weight is 426 g/mol. The van der Waals surface area contributed by atoms with Crippen LogP contribution >= 0.6 is 22.6 Å². The molecule has 1 saturated heterocycles. The van der Waals surface area contributed by atoms with Gasteiger partial charge in [0.15, 0.2) is 0 Å². The highest BCUT2D eigenvalue weighted by Crippen LogP contribution is 2.22. The van der Waals surface area contributed by atoms with Crippen molar-refractivity contribution in [1.29, 1.82) is 5.26 Å². The van der Waals surface area contributed by atoms with E-state index >= 15 is 0 Å². The number of ether oxygens (including phenoxy) is 1. The monoisotopic (exact) mass is 426 g/mol. The number of alkyl halides is 3. The molecule has 0 N–H and O–H groups in total. The minimum absolute atomic E-state index is 0.0580. The van der Waals surface area contributed by atoms with Crippen LogP contribution in [0.15, 0.2) is 6.20 Å². The van der Waals surface area contributed by atoms with E-state index < -0.39 is 12.8 Å². The molecule has 2 rings (SSSR count). The van der Waals surface area contributed by atoms with Gasteiger partial charge in [-0.25, -0.2) is 9.97 Å². The van der Waals surface area contributed by atoms with Crippen molar-refractivity contribution in [2.45, 2.75) is 25.6 Å². The second-order valence-corrected chi connectivity index (χ2v) is 5.99. The first-order valence-corrected chi connectivity index (χ1v) is 7.77. The van der Waals surface area contributed by atoms with Gasteiger partial charge in [0.25, 0.3) is 0 Å². The first kappa shape index (κ1) is 17.2. The molecule has 2 heterocycles. The number of nitriles is 1. The van der Waals surface area contributed by atoms with Gasteiger partial charge in [-0.05, 0) is 35.4 Å². The fraction of sp³-hybridized carbons (Fsp3) is 0.615. The van der Waals surface area contributed by atoms with Crippen LogP contribution in [0.25, 0.3) is 0 Å². The van der Waals surface area contributed by atoms with Crippen molar-refractivity contribution in [2.24, 2.45) is 5.92 Å². The summed E-state index contributed by atoms with van der Waals surface area (Å²) in [5.74, 6) is 0.671. The van der Waals surface area contributed by atoms with E-state index in [0.717, 1.165) is 12.8 Å². The van der Waals surface area contributed by atoms with E-state index in [4.69, 9.17) is 5.26 Å². The lowest BCUT2D eigenvalue weighted by Gasteiger charge is -2.30. The number of nitrogens with zero attached hydrogens (tertiary/aromatic N) is 4. The molecule has 0 radical (unpaired) electrons. The van der Waals surface area contributed by atoms with E-state index in [2.05, 4.69) is 20.8 Å². The Bertz CT molecular complexity index is 553. The zero-order valence-corrected chi connectivity index (χ0v) is 13.8. The van der Waals surface area contributed by atoms with Gasteiger partial charge in [0.1, 0.15) is 21.8 Å². The first-order valence-electron chi connectivity index (χ1n) is 6.69. The van der Waals surface area contributed by atoms with E-state index in [0.29, 0.717) is 28.3 Å². The second kappa shape index (κ2) is 7.41. The van der Waals surface area contributed by atoms with Crippen molar-refractivity contribution in [3.05, 3.63) is 15.6 Å². The summed E-state index contributed by atoms with van der Waals surface area (Å²) in [5.41, 5.74) is 0.393. The summed E-state index contributed by atoms with van der Waals surface area (Å²) in [6, 6.07) is 2.25. The topological polar surface area (TPSA) is 62.0 Å². The fourth-order valence-corrected chi connectivity index (χ4v) is 2.56. The Morgan fingerprint density at radius 2 is 2.09 bits per heavy atom. The number of aromatic nitrogens is 2. The molecule has 1 aliphatic rings. The van der Waals surface area contributed by atoms with Crippen LogP contribution in [0.4, 0.5) is 19.0 Å². The van der Waals surface area contributed by atoms with Crippen LogP contribution in [0.1, 0.15) is 18.5 Å². The predicted molar refractivity (Wildman–Crippen MR) is 81.0 cm³/mol. The fourth-order valence-electron chi connectivity index (χ4n) is 2.15. The third kappa shape index (κ3) is 4.95. The van der Waals surface area contributed by atoms with Crippen LogP contribution in [0.2, 0.25) is 0 Å². The molecule has 9 heteroatoms. The zero-order chi connectivity index (χ0) is 16.2. The summed E-state index contributed by atoms with van der Waals surface area (Å²) >= 11 is 1.92. The zero-order valence-electron chi connectivity index (χ0n) is 11.6. The molecule has 120 valence electrons. The summed E-state index contributed by atoms with van der Waals surface area (Å²) in [7, 11) is 0. The molecule has 0 spiro atoms. The van der Waals surface area contributed by atoms with Crippen molar-refractivity contribution >= 4 is 28.4 Å². The van der Waals surface area contributed by atoms with Crippen LogP contribution in [0.5, 0.6) is 0 Å². The Morgan fingerprint density at radius 1 is 1.41 bits per heavy atom. The Hall–Kier alpha value is -1.15. The summed E-state index contributed by atoms with van der Waals surface area (Å²) in [4.78, 5) is 10.5. The highest BCUT2D eigenvalue weighted by Gasteiger charge is 2.28. The minimum atomic E-state index is -4.35. The molecule has 1 aliphatic heterocycles. The van der Waals surface area contributed by atoms with Gasteiger partial charge in [0, 0.05) is 19.0 Å². The lowest BCUT2D eigenvalue weighted by Crippen LogP contribution is -2.34. The van der Waals surface area contributed by atoms with Crippen LogP contribution in [0, 0.1) is 20.9 Å². The van der Waals surface area contributed by atoms with Gasteiger partial charge >= 0.3 is 6.18 Å². The minimum Gasteiger partial charge on any atom is -0.366 e. The average Bonchev–Trinajstić information content (AvgIpc) is 2.48. The Morgan fingerprint density at radius 3 is 2.68 bits per heavy atom. The maximum Gasteiger partial charge on any atom is 0.411 e. The third-order valence-electron chi connectivity index (χ3n) is 3.29. The van der Waals surface area contributed by atoms with Crippen molar-refractivity contribution in [3.8, 4) is 6.07 Å². The molecule has 5 nitrogen and oxygen atoms in total. The van der Waals surface area contributed by atoms with Crippen molar-refractivity contribution in [1.82, 2.24) is 9.97 Å². The Balaban J connectivity index is 1.99. The standard InChI is InChI=1S/C13H14F3IN4O/c14-13(15,16)8-22-7-10-12(17)19-6-11(20-10)21-3-1-9(5-18)2-4-21/h6,9H,1-4,7-8H2. The highest BCUT2D eigenvalue weighted by molar-refractivity contribution is 14.1. The maximum absolute atomic E-state index is 12.1. The summed E-state index contributed by atoms with van der Waals surface area (Å²) in [6.45, 7) is -0.150. The molecule has 0 aromatic carbocycles. The second-order valence-electron chi connectivity index (χ2n) is 4.96. The van der Waals surface area contributed by atoms with Gasteiger partial charge in [-0.1, -0.05) is 0 Å². The molecule has 0 atom stereocenters. The lowest BCUT2D eigenvalue weighted by atomic mass is 9.99. The largest absolute Gasteiger partial charge is 0.411 e. The van der Waals surface area contributed by atoms with Crippen LogP contribution in [-0.4, -0.2) is 35.8 Å². The van der Waals surface area contributed by atoms with E-state index in [1.54, 1.807) is 6.20 Å². The van der Waals surface area contributed by atoms with Crippen LogP contribution in [0.3, 0.4) is 0 Å². The van der Waals surface area contributed by atoms with E-state index in [9.17, 15) is 13.2 Å². The Kier molecular flexibility index (Phi) is 5.80. The number of hydrogen-bond acceptors (Lipinski definition) is 5. The number of halogens is 4. The number of anilines is 1. The van der Waals surface area contributed by atoms with Gasteiger partial charge < -0.3 is 9.64 Å². The van der Waals surface area contributed by atoms with Crippen molar-refractivity contribution in [3.63, 3.8) is 0 Å². The molecule has 1 fully saturated rings. The lowest BCUT2D eigenvalue weighted by molar-refractivity contribution is -0.176. The molecule has 0 bridgehead atoms. The SMILES string of the molecule is N#CC1CCN(c2cnc(I)c(COCC(F)(F)F)n2)CC1. The van der Waals surface area contributed by atoms with Crippen LogP contribution < -0.4 is 4.90 Å². The van der Waals surface area contributed by atoms with Crippen LogP contribution in [-0.2, 0) is 11.3 Å². The van der Waals surface area contributed by atoms with Gasteiger partial charge in [-0.3, -0.25) is 0 Å². The summed E-state index contributed by atoms with van der Waals surface area (Å²) in [6.07, 6.45) is -1.24. The van der Waals surface area contributed by atoms with Crippen molar-refractivity contribution in [2.75, 3.05) is 24.6 Å². The normalized spacial score (nSPS) is 16.6. The number of rotatable bonds is 4. The highest BCUT2D eigenvalue weighted by atomic mass is 127. The van der Waals surface area contributed by atoms with Gasteiger partial charge in [-0.2, -0.15) is 18.4 Å². The molecule has 0 aliphatic carbocycles. The molecule has 22 heavy (non-hydrogen) atoms. The summed E-state index contributed by atoms with van der Waals surface area (Å²) in [5, 5.41) is 8.89. The van der Waals surface area contributed by atoms with Gasteiger partial charge in [-0.15, -0.1) is 0 Å². The quantitative estimate of drug-likeness (QED) is 0.694. The maximum atomic E-state index is 12.1. The van der Waals surface area contributed by atoms with Gasteiger partial charge in [0.05, 0.1) is 18.9 Å². The smallest absolute Gasteiger partial charge is 0.366 e. The van der Waals surface area contributed by atoms with E-state index in [-0.39, 0.29) is 12.5 Å². The van der Waals surface area contributed by atoms with Crippen molar-refractivity contribution < 1.29 is 17.9 Å². The molecule has 0 saturated carbocycles. The number of piperidine rings is 1. The molecular formula is C13H14F3IN4O. The summed E-state index contributed by atoms with van der Waals surface area (Å²) < 4.78 is 41.5. The number of hydrogen-bond donors (Lipinski definition) is 0. The predicted octanol–water partition coefficient (Wildman–Crippen LogP) is 2.90. The third-order valence-corrected chi connectivity index (χ3v) is 4.19. The first-order chi connectivity index (χ1) is 10.4. The molecule has 1 aromatic heterocycles. The molecule has 1 aromatic rings. The van der Waals surface area contributed by atoms with Gasteiger partial charge in [0.2, 0.25) is 0 Å². The van der Waals surface area contributed by atoms with E-state index in [1.165, 1.54) is 0 Å². The molecular weight excluding hydrogens is 412 g/mol. The Labute approximate surface area is 139 Å². The molecule has 0 amide bonds. The molecule has 0 unspecified atom stereocenters. The van der Waals surface area contributed by atoms with E-state index in [1.807, 2.05) is 27.5 Å².